The highest BCUT2D eigenvalue weighted by Gasteiger charge is 2.45. The van der Waals surface area contributed by atoms with E-state index in [0.717, 1.165) is 23.8 Å². The smallest absolute Gasteiger partial charge is 0.0124 e. The Kier molecular flexibility index (Phi) is 1.48. The summed E-state index contributed by atoms with van der Waals surface area (Å²) in [5.41, 5.74) is 0. The maximum atomic E-state index is 3.61. The number of fused-ring (bicyclic) bond motifs is 1. The topological polar surface area (TPSA) is 12.0 Å². The van der Waals surface area contributed by atoms with Crippen LogP contribution in [-0.2, 0) is 0 Å². The minimum atomic E-state index is 0.893. The Hall–Kier alpha value is -0.0400. The average Bonchev–Trinajstić information content (AvgIpc) is 2.25. The Morgan fingerprint density at radius 2 is 2.30 bits per heavy atom. The highest BCUT2D eigenvalue weighted by atomic mass is 15.0. The summed E-state index contributed by atoms with van der Waals surface area (Å²) >= 11 is 0. The molecule has 1 N–H and O–H groups in total. The van der Waals surface area contributed by atoms with Gasteiger partial charge in [-0.1, -0.05) is 20.3 Å². The molecule has 2 aliphatic rings. The van der Waals surface area contributed by atoms with Gasteiger partial charge in [0.25, 0.3) is 0 Å². The summed E-state index contributed by atoms with van der Waals surface area (Å²) in [6.45, 7) is 5.97. The van der Waals surface area contributed by atoms with E-state index in [1.54, 1.807) is 0 Å². The lowest BCUT2D eigenvalue weighted by atomic mass is 9.67. The van der Waals surface area contributed by atoms with E-state index in [-0.39, 0.29) is 0 Å². The van der Waals surface area contributed by atoms with Crippen LogP contribution in [0.2, 0.25) is 0 Å². The lowest BCUT2D eigenvalue weighted by molar-refractivity contribution is 0.138. The summed E-state index contributed by atoms with van der Waals surface area (Å²) in [5.74, 6) is 3.00. The second-order valence-corrected chi connectivity index (χ2v) is 3.98. The van der Waals surface area contributed by atoms with Crippen molar-refractivity contribution >= 4 is 0 Å². The van der Waals surface area contributed by atoms with Crippen molar-refractivity contribution in [1.82, 2.24) is 5.32 Å². The van der Waals surface area contributed by atoms with Gasteiger partial charge in [-0.05, 0) is 30.7 Å². The third-order valence-corrected chi connectivity index (χ3v) is 3.46. The predicted molar refractivity (Wildman–Crippen MR) is 42.8 cm³/mol. The Morgan fingerprint density at radius 1 is 1.50 bits per heavy atom. The van der Waals surface area contributed by atoms with Gasteiger partial charge < -0.3 is 5.32 Å². The van der Waals surface area contributed by atoms with Crippen molar-refractivity contribution in [3.8, 4) is 0 Å². The fourth-order valence-corrected chi connectivity index (χ4v) is 2.67. The first-order valence-electron chi connectivity index (χ1n) is 4.56. The van der Waals surface area contributed by atoms with Gasteiger partial charge in [-0.3, -0.25) is 0 Å². The second kappa shape index (κ2) is 2.23. The third kappa shape index (κ3) is 0.731. The van der Waals surface area contributed by atoms with Gasteiger partial charge >= 0.3 is 0 Å². The normalized spacial score (nSPS) is 52.2. The molecule has 0 aromatic heterocycles. The quantitative estimate of drug-likeness (QED) is 0.582. The zero-order valence-electron chi connectivity index (χ0n) is 6.93. The van der Waals surface area contributed by atoms with Gasteiger partial charge in [-0.25, -0.2) is 0 Å². The minimum Gasteiger partial charge on any atom is -0.313 e. The largest absolute Gasteiger partial charge is 0.313 e. The molecule has 4 atom stereocenters. The van der Waals surface area contributed by atoms with Gasteiger partial charge in [0.05, 0.1) is 0 Å². The van der Waals surface area contributed by atoms with Gasteiger partial charge in [0.2, 0.25) is 0 Å². The average molecular weight is 139 g/mol. The van der Waals surface area contributed by atoms with Crippen molar-refractivity contribution in [2.24, 2.45) is 17.8 Å². The molecule has 58 valence electrons. The van der Waals surface area contributed by atoms with Crippen molar-refractivity contribution in [2.45, 2.75) is 32.7 Å². The molecule has 3 unspecified atom stereocenters. The van der Waals surface area contributed by atoms with Crippen LogP contribution in [0.4, 0.5) is 0 Å². The monoisotopic (exact) mass is 139 g/mol. The molecule has 1 aliphatic heterocycles. The molecule has 1 heterocycles. The van der Waals surface area contributed by atoms with E-state index in [2.05, 4.69) is 19.2 Å². The fraction of sp³-hybridized carbons (Fsp3) is 1.00. The molecule has 2 fully saturated rings. The second-order valence-electron chi connectivity index (χ2n) is 3.98. The molecule has 1 saturated carbocycles. The highest BCUT2D eigenvalue weighted by Crippen LogP contribution is 2.43. The third-order valence-electron chi connectivity index (χ3n) is 3.46. The van der Waals surface area contributed by atoms with Gasteiger partial charge in [0.1, 0.15) is 0 Å². The van der Waals surface area contributed by atoms with Crippen LogP contribution < -0.4 is 5.32 Å². The first-order chi connectivity index (χ1) is 4.83. The summed E-state index contributed by atoms with van der Waals surface area (Å²) < 4.78 is 0. The van der Waals surface area contributed by atoms with Gasteiger partial charge in [0.15, 0.2) is 0 Å². The van der Waals surface area contributed by atoms with Crippen molar-refractivity contribution in [3.63, 3.8) is 0 Å². The number of hydrogen-bond donors (Lipinski definition) is 1. The van der Waals surface area contributed by atoms with Crippen LogP contribution in [0.25, 0.3) is 0 Å². The molecule has 0 amide bonds. The zero-order chi connectivity index (χ0) is 7.14. The predicted octanol–water partition coefficient (Wildman–Crippen LogP) is 1.64. The Bertz CT molecular complexity index is 127. The first kappa shape index (κ1) is 6.66. The van der Waals surface area contributed by atoms with Crippen LogP contribution in [0.15, 0.2) is 0 Å². The molecule has 0 aromatic rings. The van der Waals surface area contributed by atoms with Crippen molar-refractivity contribution in [3.05, 3.63) is 0 Å². The van der Waals surface area contributed by atoms with E-state index in [9.17, 15) is 0 Å². The molecular formula is C9H17N. The number of nitrogens with one attached hydrogen (secondary N) is 1. The Balaban J connectivity index is 1.97. The highest BCUT2D eigenvalue weighted by molar-refractivity contribution is 5.01. The molecule has 1 heteroatoms. The molecule has 0 radical (unpaired) electrons. The van der Waals surface area contributed by atoms with Crippen LogP contribution in [-0.4, -0.2) is 12.6 Å². The van der Waals surface area contributed by atoms with Crippen LogP contribution >= 0.6 is 0 Å². The van der Waals surface area contributed by atoms with E-state index in [4.69, 9.17) is 0 Å². The molecule has 0 bridgehead atoms. The molecule has 2 rings (SSSR count). The fourth-order valence-electron chi connectivity index (χ4n) is 2.67. The van der Waals surface area contributed by atoms with Crippen LogP contribution in [0.1, 0.15) is 26.7 Å². The SMILES string of the molecule is CCC1CNC2C1C[C@@H]2C. The molecule has 1 saturated heterocycles. The summed E-state index contributed by atoms with van der Waals surface area (Å²) in [4.78, 5) is 0. The molecule has 1 aliphatic carbocycles. The number of hydrogen-bond acceptors (Lipinski definition) is 1. The number of rotatable bonds is 1. The minimum absolute atomic E-state index is 0.893. The lowest BCUT2D eigenvalue weighted by Gasteiger charge is -2.40. The lowest BCUT2D eigenvalue weighted by Crippen LogP contribution is -2.44. The van der Waals surface area contributed by atoms with Crippen molar-refractivity contribution in [2.75, 3.05) is 6.54 Å². The van der Waals surface area contributed by atoms with Gasteiger partial charge in [0, 0.05) is 6.04 Å². The van der Waals surface area contributed by atoms with E-state index >= 15 is 0 Å². The van der Waals surface area contributed by atoms with E-state index in [0.29, 0.717) is 0 Å². The van der Waals surface area contributed by atoms with E-state index in [1.807, 2.05) is 0 Å². The van der Waals surface area contributed by atoms with E-state index in [1.165, 1.54) is 19.4 Å². The molecular weight excluding hydrogens is 122 g/mol. The van der Waals surface area contributed by atoms with E-state index < -0.39 is 0 Å². The zero-order valence-corrected chi connectivity index (χ0v) is 6.93. The summed E-state index contributed by atoms with van der Waals surface area (Å²) in [5, 5.41) is 3.61. The van der Waals surface area contributed by atoms with Crippen LogP contribution in [0.3, 0.4) is 0 Å². The van der Waals surface area contributed by atoms with Crippen molar-refractivity contribution in [1.29, 1.82) is 0 Å². The molecule has 0 spiro atoms. The first-order valence-corrected chi connectivity index (χ1v) is 4.56. The van der Waals surface area contributed by atoms with Gasteiger partial charge in [-0.15, -0.1) is 0 Å². The Morgan fingerprint density at radius 3 is 2.80 bits per heavy atom. The van der Waals surface area contributed by atoms with Gasteiger partial charge in [-0.2, -0.15) is 0 Å². The maximum Gasteiger partial charge on any atom is 0.0124 e. The Labute approximate surface area is 63.2 Å². The van der Waals surface area contributed by atoms with Crippen molar-refractivity contribution < 1.29 is 0 Å². The summed E-state index contributed by atoms with van der Waals surface area (Å²) in [6, 6.07) is 0.893. The standard InChI is InChI=1S/C9H17N/c1-3-7-5-10-9-6(2)4-8(7)9/h6-10H,3-5H2,1-2H3/t6-,7?,8?,9?/m0/s1. The summed E-state index contributed by atoms with van der Waals surface area (Å²) in [7, 11) is 0. The molecule has 10 heavy (non-hydrogen) atoms. The summed E-state index contributed by atoms with van der Waals surface area (Å²) in [6.07, 6.45) is 2.86. The van der Waals surface area contributed by atoms with Crippen LogP contribution in [0.5, 0.6) is 0 Å². The van der Waals surface area contributed by atoms with Crippen LogP contribution in [0, 0.1) is 17.8 Å². The maximum absolute atomic E-state index is 3.61. The molecule has 1 nitrogen and oxygen atoms in total. The molecule has 0 aromatic carbocycles.